The van der Waals surface area contributed by atoms with E-state index in [0.717, 1.165) is 67.6 Å². The number of pyridine rings is 1. The van der Waals surface area contributed by atoms with Crippen molar-refractivity contribution in [3.05, 3.63) is 113 Å². The Morgan fingerprint density at radius 2 is 1.64 bits per heavy atom. The van der Waals surface area contributed by atoms with Crippen LogP contribution in [0.2, 0.25) is 5.02 Å². The van der Waals surface area contributed by atoms with Crippen LogP contribution in [-0.2, 0) is 18.6 Å². The van der Waals surface area contributed by atoms with Crippen molar-refractivity contribution in [1.82, 2.24) is 33.9 Å². The van der Waals surface area contributed by atoms with Crippen LogP contribution < -0.4 is 4.90 Å². The molecule has 0 saturated carbocycles. The first-order valence-corrected chi connectivity index (χ1v) is 16.0. The molecule has 5 aromatic rings. The first kappa shape index (κ1) is 29.5. The van der Waals surface area contributed by atoms with E-state index < -0.39 is 5.60 Å². The molecule has 232 valence electrons. The number of fused-ring (bicyclic) bond motifs is 1. The molecular formula is C34H37ClN8O2. The molecule has 0 unspecified atom stereocenters. The molecule has 0 aliphatic carbocycles. The third-order valence-electron chi connectivity index (χ3n) is 9.15. The van der Waals surface area contributed by atoms with E-state index in [2.05, 4.69) is 25.4 Å². The van der Waals surface area contributed by atoms with Crippen molar-refractivity contribution in [2.24, 2.45) is 0 Å². The third kappa shape index (κ3) is 6.45. The van der Waals surface area contributed by atoms with E-state index in [1.54, 1.807) is 6.20 Å². The Kier molecular flexibility index (Phi) is 8.27. The Bertz CT molecular complexity index is 1740. The Hall–Kier alpha value is -4.25. The second-order valence-electron chi connectivity index (χ2n) is 12.0. The maximum absolute atomic E-state index is 13.2. The van der Waals surface area contributed by atoms with Crippen molar-refractivity contribution in [3.63, 3.8) is 0 Å². The van der Waals surface area contributed by atoms with Gasteiger partial charge in [-0.25, -0.2) is 14.5 Å². The quantitative estimate of drug-likeness (QED) is 0.278. The lowest BCUT2D eigenvalue weighted by molar-refractivity contribution is 0.0118. The fraction of sp³-hybridized carbons (Fsp3) is 0.353. The minimum absolute atomic E-state index is 0.0794. The summed E-state index contributed by atoms with van der Waals surface area (Å²) in [4.78, 5) is 28.8. The van der Waals surface area contributed by atoms with Crippen molar-refractivity contribution in [3.8, 4) is 0 Å². The number of carbonyl (C=O) groups is 1. The van der Waals surface area contributed by atoms with Gasteiger partial charge in [-0.2, -0.15) is 5.10 Å². The van der Waals surface area contributed by atoms with Gasteiger partial charge in [0.25, 0.3) is 5.91 Å². The third-order valence-corrected chi connectivity index (χ3v) is 9.41. The molecule has 11 heteroatoms. The lowest BCUT2D eigenvalue weighted by Gasteiger charge is -2.39. The summed E-state index contributed by atoms with van der Waals surface area (Å²) in [7, 11) is 0. The second-order valence-corrected chi connectivity index (χ2v) is 12.5. The van der Waals surface area contributed by atoms with Crippen LogP contribution in [0.5, 0.6) is 0 Å². The highest BCUT2D eigenvalue weighted by atomic mass is 35.5. The second kappa shape index (κ2) is 12.6. The molecule has 5 heterocycles. The summed E-state index contributed by atoms with van der Waals surface area (Å²) in [5.74, 6) is 0.804. The van der Waals surface area contributed by atoms with E-state index in [9.17, 15) is 9.90 Å². The van der Waals surface area contributed by atoms with Crippen LogP contribution in [0.3, 0.4) is 0 Å². The lowest BCUT2D eigenvalue weighted by Crippen LogP contribution is -2.49. The van der Waals surface area contributed by atoms with Gasteiger partial charge >= 0.3 is 0 Å². The fourth-order valence-corrected chi connectivity index (χ4v) is 6.53. The predicted molar refractivity (Wildman–Crippen MR) is 174 cm³/mol. The van der Waals surface area contributed by atoms with Gasteiger partial charge in [-0.1, -0.05) is 35.9 Å². The van der Waals surface area contributed by atoms with E-state index in [-0.39, 0.29) is 5.91 Å². The molecule has 3 aromatic heterocycles. The molecule has 0 bridgehead atoms. The van der Waals surface area contributed by atoms with Crippen molar-refractivity contribution in [2.75, 3.05) is 50.7 Å². The Labute approximate surface area is 267 Å². The maximum atomic E-state index is 13.2. The topological polar surface area (TPSA) is 95.0 Å². The van der Waals surface area contributed by atoms with Gasteiger partial charge in [0.05, 0.1) is 17.6 Å². The van der Waals surface area contributed by atoms with Gasteiger partial charge < -0.3 is 19.5 Å². The number of hydrogen-bond acceptors (Lipinski definition) is 7. The summed E-state index contributed by atoms with van der Waals surface area (Å²) in [5, 5.41) is 16.8. The van der Waals surface area contributed by atoms with Crippen LogP contribution in [-0.4, -0.2) is 90.8 Å². The molecule has 0 spiro atoms. The average molecular weight is 625 g/mol. The number of imidazole rings is 1. The fourth-order valence-electron chi connectivity index (χ4n) is 6.41. The molecule has 45 heavy (non-hydrogen) atoms. The summed E-state index contributed by atoms with van der Waals surface area (Å²) in [6, 6.07) is 19.4. The summed E-state index contributed by atoms with van der Waals surface area (Å²) in [6.45, 7) is 6.49. The molecular weight excluding hydrogens is 588 g/mol. The SMILES string of the molecule is O=C(c1ccc(Cc2nc3c(N4CCC(O)(c5ccc(Cl)cc5)CC4)cccn3n2)cc1)N1CCN(CCn2ccnc2)CC1. The van der Waals surface area contributed by atoms with Gasteiger partial charge in [-0.3, -0.25) is 9.69 Å². The van der Waals surface area contributed by atoms with E-state index in [1.807, 2.05) is 82.7 Å². The van der Waals surface area contributed by atoms with Crippen molar-refractivity contribution >= 4 is 28.8 Å². The van der Waals surface area contributed by atoms with Crippen LogP contribution in [0.25, 0.3) is 5.65 Å². The molecule has 2 saturated heterocycles. The molecule has 7 rings (SSSR count). The van der Waals surface area contributed by atoms with Gasteiger partial charge in [-0.15, -0.1) is 0 Å². The molecule has 2 fully saturated rings. The van der Waals surface area contributed by atoms with Crippen molar-refractivity contribution in [1.29, 1.82) is 0 Å². The average Bonchev–Trinajstić information content (AvgIpc) is 3.75. The zero-order valence-corrected chi connectivity index (χ0v) is 25.9. The van der Waals surface area contributed by atoms with Crippen LogP contribution in [0.15, 0.2) is 85.6 Å². The van der Waals surface area contributed by atoms with Gasteiger partial charge in [0.15, 0.2) is 11.5 Å². The van der Waals surface area contributed by atoms with E-state index in [1.165, 1.54) is 0 Å². The normalized spacial score (nSPS) is 17.2. The van der Waals surface area contributed by atoms with Crippen molar-refractivity contribution < 1.29 is 9.90 Å². The van der Waals surface area contributed by atoms with Crippen LogP contribution in [0.1, 0.15) is 40.2 Å². The number of hydrogen-bond donors (Lipinski definition) is 1. The number of piperazine rings is 1. The molecule has 0 radical (unpaired) electrons. The van der Waals surface area contributed by atoms with Gasteiger partial charge in [-0.05, 0) is 60.4 Å². The van der Waals surface area contributed by atoms with Crippen molar-refractivity contribution in [2.45, 2.75) is 31.4 Å². The number of nitrogens with zero attached hydrogens (tertiary/aromatic N) is 8. The molecule has 1 N–H and O–H groups in total. The highest BCUT2D eigenvalue weighted by Gasteiger charge is 2.34. The Morgan fingerprint density at radius 1 is 0.889 bits per heavy atom. The number of benzene rings is 2. The number of carbonyl (C=O) groups excluding carboxylic acids is 1. The Morgan fingerprint density at radius 3 is 2.36 bits per heavy atom. The molecule has 2 aliphatic heterocycles. The molecule has 10 nitrogen and oxygen atoms in total. The minimum atomic E-state index is -0.867. The highest BCUT2D eigenvalue weighted by molar-refractivity contribution is 6.30. The zero-order chi connectivity index (χ0) is 30.8. The van der Waals surface area contributed by atoms with E-state index in [4.69, 9.17) is 21.7 Å². The molecule has 0 atom stereocenters. The molecule has 1 amide bonds. The van der Waals surface area contributed by atoms with Crippen LogP contribution in [0, 0.1) is 0 Å². The first-order valence-electron chi connectivity index (χ1n) is 15.6. The number of amides is 1. The smallest absolute Gasteiger partial charge is 0.253 e. The monoisotopic (exact) mass is 624 g/mol. The number of aromatic nitrogens is 5. The number of aliphatic hydroxyl groups is 1. The zero-order valence-electron chi connectivity index (χ0n) is 25.2. The highest BCUT2D eigenvalue weighted by Crippen LogP contribution is 2.36. The van der Waals surface area contributed by atoms with Gasteiger partial charge in [0.1, 0.15) is 0 Å². The van der Waals surface area contributed by atoms with Crippen LogP contribution >= 0.6 is 11.6 Å². The van der Waals surface area contributed by atoms with Gasteiger partial charge in [0.2, 0.25) is 0 Å². The number of piperidine rings is 1. The predicted octanol–water partition coefficient (Wildman–Crippen LogP) is 4.12. The molecule has 2 aromatic carbocycles. The van der Waals surface area contributed by atoms with Crippen LogP contribution in [0.4, 0.5) is 5.69 Å². The minimum Gasteiger partial charge on any atom is -0.385 e. The maximum Gasteiger partial charge on any atom is 0.253 e. The number of anilines is 1. The summed E-state index contributed by atoms with van der Waals surface area (Å²) in [5.41, 5.74) is 3.62. The van der Waals surface area contributed by atoms with E-state index in [0.29, 0.717) is 42.9 Å². The lowest BCUT2D eigenvalue weighted by atomic mass is 9.84. The number of rotatable bonds is 8. The number of halogens is 1. The van der Waals surface area contributed by atoms with E-state index >= 15 is 0 Å². The standard InChI is InChI=1S/C34H37ClN8O2/c35-29-9-7-28(8-10-29)34(45)11-15-41(16-12-34)30-2-1-14-43-32(30)37-31(38-43)24-26-3-5-27(6-4-26)33(44)42-22-20-39(21-23-42)18-19-40-17-13-36-25-40/h1-10,13-14,17,25,45H,11-12,15-16,18-24H2. The summed E-state index contributed by atoms with van der Waals surface area (Å²) in [6.07, 6.45) is 9.34. The van der Waals surface area contributed by atoms with Gasteiger partial charge in [0, 0.05) is 88.0 Å². The summed E-state index contributed by atoms with van der Waals surface area (Å²) < 4.78 is 3.91. The summed E-state index contributed by atoms with van der Waals surface area (Å²) >= 11 is 6.06. The largest absolute Gasteiger partial charge is 0.385 e. The first-order chi connectivity index (χ1) is 21.9. The Balaban J connectivity index is 0.957. The molecule has 2 aliphatic rings.